The number of hydrogen-bond donors (Lipinski definition) is 1. The van der Waals surface area contributed by atoms with E-state index in [1.807, 2.05) is 0 Å². The highest BCUT2D eigenvalue weighted by atomic mass is 19.1. The second-order valence-electron chi connectivity index (χ2n) is 5.80. The number of benzene rings is 1. The predicted octanol–water partition coefficient (Wildman–Crippen LogP) is 1.72. The Kier molecular flexibility index (Phi) is 3.76. The summed E-state index contributed by atoms with van der Waals surface area (Å²) in [7, 11) is 1.36. The van der Waals surface area contributed by atoms with E-state index in [-0.39, 0.29) is 17.6 Å². The molecule has 2 fully saturated rings. The fourth-order valence-corrected chi connectivity index (χ4v) is 3.48. The van der Waals surface area contributed by atoms with Crippen LogP contribution in [0.4, 0.5) is 4.39 Å². The van der Waals surface area contributed by atoms with E-state index >= 15 is 0 Å². The third-order valence-electron chi connectivity index (χ3n) is 4.63. The molecule has 3 rings (SSSR count). The van der Waals surface area contributed by atoms with Crippen LogP contribution in [-0.2, 0) is 4.79 Å². The number of nitrogens with zero attached hydrogens (tertiary/aromatic N) is 1. The van der Waals surface area contributed by atoms with Crippen molar-refractivity contribution in [3.63, 3.8) is 0 Å². The fraction of sp³-hybridized carbons (Fsp3) is 0.500. The molecule has 1 saturated heterocycles. The van der Waals surface area contributed by atoms with Gasteiger partial charge in [0.05, 0.1) is 7.11 Å². The monoisotopic (exact) mass is 306 g/mol. The van der Waals surface area contributed by atoms with Gasteiger partial charge in [-0.15, -0.1) is 0 Å². The van der Waals surface area contributed by atoms with Crippen molar-refractivity contribution in [3.8, 4) is 5.75 Å². The maximum Gasteiger partial charge on any atom is 0.254 e. The van der Waals surface area contributed by atoms with Gasteiger partial charge in [0.2, 0.25) is 5.91 Å². The molecule has 0 bridgehead atoms. The lowest BCUT2D eigenvalue weighted by molar-refractivity contribution is -0.134. The van der Waals surface area contributed by atoms with E-state index in [1.165, 1.54) is 25.3 Å². The molecule has 0 unspecified atom stereocenters. The van der Waals surface area contributed by atoms with Crippen molar-refractivity contribution in [2.75, 3.05) is 20.2 Å². The van der Waals surface area contributed by atoms with Crippen LogP contribution in [0.1, 0.15) is 36.0 Å². The highest BCUT2D eigenvalue weighted by Gasteiger charge is 2.50. The normalized spacial score (nSPS) is 20.1. The Morgan fingerprint density at radius 2 is 2.09 bits per heavy atom. The van der Waals surface area contributed by atoms with E-state index in [2.05, 4.69) is 5.32 Å². The van der Waals surface area contributed by atoms with Crippen LogP contribution in [0.2, 0.25) is 0 Å². The minimum absolute atomic E-state index is 0.0350. The van der Waals surface area contributed by atoms with Crippen molar-refractivity contribution >= 4 is 11.8 Å². The number of hydrogen-bond acceptors (Lipinski definition) is 3. The van der Waals surface area contributed by atoms with Crippen molar-refractivity contribution in [2.45, 2.75) is 31.2 Å². The molecule has 0 atom stereocenters. The van der Waals surface area contributed by atoms with E-state index in [4.69, 9.17) is 4.74 Å². The fourth-order valence-electron chi connectivity index (χ4n) is 3.48. The molecule has 118 valence electrons. The number of piperazine rings is 1. The molecule has 6 heteroatoms. The number of rotatable bonds is 2. The second kappa shape index (κ2) is 5.59. The van der Waals surface area contributed by atoms with Gasteiger partial charge in [-0.2, -0.15) is 0 Å². The summed E-state index contributed by atoms with van der Waals surface area (Å²) in [5.74, 6) is -0.785. The number of methoxy groups -OCH3 is 1. The SMILES string of the molecule is COc1cc(C(=O)N2CCNC(=O)C23CCCC3)ccc1F. The standard InChI is InChI=1S/C16H19FN2O3/c1-22-13-10-11(4-5-12(13)17)14(20)19-9-8-18-15(21)16(19)6-2-3-7-16/h4-5,10H,2-3,6-9H2,1H3,(H,18,21). The van der Waals surface area contributed by atoms with Gasteiger partial charge < -0.3 is 15.0 Å². The molecule has 2 amide bonds. The molecule has 1 saturated carbocycles. The quantitative estimate of drug-likeness (QED) is 0.905. The third kappa shape index (κ3) is 2.23. The zero-order chi connectivity index (χ0) is 15.7. The Morgan fingerprint density at radius 3 is 2.77 bits per heavy atom. The first-order valence-electron chi connectivity index (χ1n) is 7.52. The van der Waals surface area contributed by atoms with Crippen LogP contribution in [0, 0.1) is 5.82 Å². The molecule has 2 aliphatic rings. The molecule has 1 N–H and O–H groups in total. The molecule has 1 aliphatic heterocycles. The molecule has 22 heavy (non-hydrogen) atoms. The van der Waals surface area contributed by atoms with E-state index < -0.39 is 11.4 Å². The second-order valence-corrected chi connectivity index (χ2v) is 5.80. The van der Waals surface area contributed by atoms with E-state index in [0.717, 1.165) is 12.8 Å². The van der Waals surface area contributed by atoms with E-state index in [1.54, 1.807) is 4.90 Å². The van der Waals surface area contributed by atoms with E-state index in [9.17, 15) is 14.0 Å². The van der Waals surface area contributed by atoms with Gasteiger partial charge >= 0.3 is 0 Å². The van der Waals surface area contributed by atoms with Crippen LogP contribution in [0.3, 0.4) is 0 Å². The Labute approximate surface area is 128 Å². The summed E-state index contributed by atoms with van der Waals surface area (Å²) in [5.41, 5.74) is -0.393. The Hall–Kier alpha value is -2.11. The van der Waals surface area contributed by atoms with Crippen LogP contribution in [0.5, 0.6) is 5.75 Å². The molecule has 0 radical (unpaired) electrons. The van der Waals surface area contributed by atoms with Crippen LogP contribution in [0.25, 0.3) is 0 Å². The first-order chi connectivity index (χ1) is 10.6. The molecule has 1 aromatic carbocycles. The minimum atomic E-state index is -0.739. The third-order valence-corrected chi connectivity index (χ3v) is 4.63. The minimum Gasteiger partial charge on any atom is -0.494 e. The lowest BCUT2D eigenvalue weighted by atomic mass is 9.90. The Bertz CT molecular complexity index is 611. The number of halogens is 1. The Morgan fingerprint density at radius 1 is 1.36 bits per heavy atom. The highest BCUT2D eigenvalue weighted by molar-refractivity contribution is 6.00. The number of nitrogens with one attached hydrogen (secondary N) is 1. The van der Waals surface area contributed by atoms with Crippen LogP contribution < -0.4 is 10.1 Å². The average molecular weight is 306 g/mol. The highest BCUT2D eigenvalue weighted by Crippen LogP contribution is 2.38. The number of ether oxygens (including phenoxy) is 1. The first-order valence-corrected chi connectivity index (χ1v) is 7.52. The molecule has 1 aromatic rings. The lowest BCUT2D eigenvalue weighted by Gasteiger charge is -2.43. The molecule has 5 nitrogen and oxygen atoms in total. The topological polar surface area (TPSA) is 58.6 Å². The van der Waals surface area contributed by atoms with Gasteiger partial charge in [-0.05, 0) is 31.0 Å². The maximum atomic E-state index is 13.5. The van der Waals surface area contributed by atoms with Crippen molar-refractivity contribution in [3.05, 3.63) is 29.6 Å². The zero-order valence-corrected chi connectivity index (χ0v) is 12.5. The van der Waals surface area contributed by atoms with E-state index in [0.29, 0.717) is 31.5 Å². The summed E-state index contributed by atoms with van der Waals surface area (Å²) >= 11 is 0. The summed E-state index contributed by atoms with van der Waals surface area (Å²) in [6.07, 6.45) is 3.24. The van der Waals surface area contributed by atoms with Crippen molar-refractivity contribution < 1.29 is 18.7 Å². The Balaban J connectivity index is 1.94. The summed E-state index contributed by atoms with van der Waals surface area (Å²) in [6, 6.07) is 4.06. The van der Waals surface area contributed by atoms with Gasteiger partial charge in [0.1, 0.15) is 5.54 Å². The van der Waals surface area contributed by atoms with Gasteiger partial charge in [-0.3, -0.25) is 9.59 Å². The molecule has 1 spiro atoms. The lowest BCUT2D eigenvalue weighted by Crippen LogP contribution is -2.65. The summed E-state index contributed by atoms with van der Waals surface area (Å²) in [5, 5.41) is 2.87. The van der Waals surface area contributed by atoms with Crippen LogP contribution in [-0.4, -0.2) is 42.5 Å². The molecular formula is C16H19FN2O3. The molecular weight excluding hydrogens is 287 g/mol. The molecule has 0 aromatic heterocycles. The van der Waals surface area contributed by atoms with Gasteiger partial charge in [-0.25, -0.2) is 4.39 Å². The van der Waals surface area contributed by atoms with Gasteiger partial charge in [0, 0.05) is 18.7 Å². The summed E-state index contributed by atoms with van der Waals surface area (Å²) in [4.78, 5) is 26.9. The number of carbonyl (C=O) groups is 2. The van der Waals surface area contributed by atoms with Gasteiger partial charge in [-0.1, -0.05) is 12.8 Å². The first kappa shape index (κ1) is 14.8. The zero-order valence-electron chi connectivity index (χ0n) is 12.5. The van der Waals surface area contributed by atoms with Crippen molar-refractivity contribution in [1.29, 1.82) is 0 Å². The van der Waals surface area contributed by atoms with Crippen molar-refractivity contribution in [2.24, 2.45) is 0 Å². The van der Waals surface area contributed by atoms with Crippen molar-refractivity contribution in [1.82, 2.24) is 10.2 Å². The van der Waals surface area contributed by atoms with Gasteiger partial charge in [0.25, 0.3) is 5.91 Å². The maximum absolute atomic E-state index is 13.5. The number of amides is 2. The summed E-state index contributed by atoms with van der Waals surface area (Å²) < 4.78 is 18.5. The van der Waals surface area contributed by atoms with Crippen LogP contribution >= 0.6 is 0 Å². The summed E-state index contributed by atoms with van der Waals surface area (Å²) in [6.45, 7) is 0.926. The molecule has 1 heterocycles. The predicted molar refractivity (Wildman–Crippen MR) is 78.2 cm³/mol. The largest absolute Gasteiger partial charge is 0.494 e. The number of carbonyl (C=O) groups excluding carboxylic acids is 2. The van der Waals surface area contributed by atoms with Gasteiger partial charge in [0.15, 0.2) is 11.6 Å². The average Bonchev–Trinajstić information content (AvgIpc) is 3.00. The molecule has 1 aliphatic carbocycles. The van der Waals surface area contributed by atoms with Crippen LogP contribution in [0.15, 0.2) is 18.2 Å². The smallest absolute Gasteiger partial charge is 0.254 e.